The number of ether oxygens (including phenoxy) is 2. The van der Waals surface area contributed by atoms with Crippen molar-refractivity contribution in [2.75, 3.05) is 31.6 Å². The van der Waals surface area contributed by atoms with E-state index in [0.29, 0.717) is 43.3 Å². The maximum atomic E-state index is 14.5. The minimum atomic E-state index is -4.26. The molecule has 1 aliphatic carbocycles. The number of hydrogen-bond donors (Lipinski definition) is 2. The van der Waals surface area contributed by atoms with Crippen LogP contribution in [0.25, 0.3) is 6.08 Å². The van der Waals surface area contributed by atoms with Crippen LogP contribution in [0, 0.1) is 5.92 Å². The number of benzene rings is 2. The lowest BCUT2D eigenvalue weighted by molar-refractivity contribution is -0.129. The fourth-order valence-corrected chi connectivity index (χ4v) is 9.11. The van der Waals surface area contributed by atoms with Gasteiger partial charge < -0.3 is 24.2 Å². The van der Waals surface area contributed by atoms with E-state index in [1.807, 2.05) is 54.7 Å². The first kappa shape index (κ1) is 33.4. The third-order valence-electron chi connectivity index (χ3n) is 10.7. The Morgan fingerprint density at radius 2 is 1.63 bits per heavy atom. The van der Waals surface area contributed by atoms with Crippen LogP contribution in [0.5, 0.6) is 5.75 Å². The Morgan fingerprint density at radius 3 is 2.29 bits per heavy atom. The van der Waals surface area contributed by atoms with Crippen LogP contribution in [0.1, 0.15) is 98.3 Å². The van der Waals surface area contributed by atoms with Gasteiger partial charge in [0.2, 0.25) is 0 Å². The average Bonchev–Trinajstić information content (AvgIpc) is 3.71. The number of nitrogens with two attached hydrogens (primary N) is 1. The van der Waals surface area contributed by atoms with Gasteiger partial charge in [0.15, 0.2) is 0 Å². The van der Waals surface area contributed by atoms with Gasteiger partial charge in [-0.1, -0.05) is 31.4 Å². The standard InChI is InChI=1S/C36H45N5O7S/c1-36(2,3)48-35(44)40-20-25-17-26(40)19-39(25)34(43)24-14-23-15-27(47-4)11-13-28(23)32-31(21-8-6-5-7-9-21)29-12-10-22(16-30(29)41(32)18-24)33(42)38-49(37,45)46/h10-16,21,25-26,31-32H,5-9,17-20H2,1-4H3,(H,38,42)(H2,37,45,46). The van der Waals surface area contributed by atoms with E-state index in [9.17, 15) is 22.8 Å². The quantitative estimate of drug-likeness (QED) is 0.466. The summed E-state index contributed by atoms with van der Waals surface area (Å²) >= 11 is 0. The van der Waals surface area contributed by atoms with Crippen molar-refractivity contribution < 1.29 is 32.3 Å². The molecule has 262 valence electrons. The largest absolute Gasteiger partial charge is 0.497 e. The van der Waals surface area contributed by atoms with Crippen LogP contribution in [0.4, 0.5) is 10.5 Å². The van der Waals surface area contributed by atoms with Crippen molar-refractivity contribution in [1.82, 2.24) is 14.5 Å². The molecule has 49 heavy (non-hydrogen) atoms. The number of nitrogens with one attached hydrogen (secondary N) is 1. The third-order valence-corrected chi connectivity index (χ3v) is 11.2. The van der Waals surface area contributed by atoms with Crippen molar-refractivity contribution in [2.45, 2.75) is 88.9 Å². The van der Waals surface area contributed by atoms with Crippen molar-refractivity contribution in [2.24, 2.45) is 11.1 Å². The first-order valence-electron chi connectivity index (χ1n) is 17.2. The van der Waals surface area contributed by atoms with Gasteiger partial charge in [0, 0.05) is 42.4 Å². The molecular formula is C36H45N5O7S. The Kier molecular flexibility index (Phi) is 8.41. The lowest BCUT2D eigenvalue weighted by Crippen LogP contribution is -2.52. The maximum Gasteiger partial charge on any atom is 0.410 e. The molecule has 4 aliphatic heterocycles. The predicted molar refractivity (Wildman–Crippen MR) is 184 cm³/mol. The van der Waals surface area contributed by atoms with Crippen LogP contribution in [0.3, 0.4) is 0 Å². The number of anilines is 1. The first-order valence-corrected chi connectivity index (χ1v) is 18.7. The molecule has 2 saturated heterocycles. The van der Waals surface area contributed by atoms with E-state index in [0.717, 1.165) is 48.1 Å². The minimum Gasteiger partial charge on any atom is -0.497 e. The van der Waals surface area contributed by atoms with Gasteiger partial charge in [-0.05, 0) is 93.0 Å². The Balaban J connectivity index is 1.26. The number of fused-ring (bicyclic) bond motifs is 7. The molecule has 0 spiro atoms. The molecule has 4 atom stereocenters. The van der Waals surface area contributed by atoms with E-state index < -0.39 is 21.7 Å². The van der Waals surface area contributed by atoms with E-state index in [1.54, 1.807) is 24.1 Å². The molecule has 7 rings (SSSR count). The Labute approximate surface area is 287 Å². The lowest BCUT2D eigenvalue weighted by atomic mass is 9.73. The molecule has 1 saturated carbocycles. The summed E-state index contributed by atoms with van der Waals surface area (Å²) in [7, 11) is -2.63. The van der Waals surface area contributed by atoms with E-state index in [-0.39, 0.29) is 41.6 Å². The molecule has 3 amide bonds. The highest BCUT2D eigenvalue weighted by molar-refractivity contribution is 7.87. The molecule has 3 fully saturated rings. The molecule has 0 aromatic heterocycles. The van der Waals surface area contributed by atoms with E-state index in [1.165, 1.54) is 6.42 Å². The number of amides is 3. The third kappa shape index (κ3) is 6.38. The minimum absolute atomic E-state index is 0.0865. The van der Waals surface area contributed by atoms with Crippen LogP contribution >= 0.6 is 0 Å². The van der Waals surface area contributed by atoms with Crippen LogP contribution in [0.2, 0.25) is 0 Å². The number of rotatable bonds is 5. The zero-order chi connectivity index (χ0) is 34.8. The van der Waals surface area contributed by atoms with E-state index in [4.69, 9.17) is 14.6 Å². The molecule has 4 unspecified atom stereocenters. The van der Waals surface area contributed by atoms with Crippen molar-refractivity contribution >= 4 is 39.9 Å². The molecule has 2 aromatic carbocycles. The zero-order valence-electron chi connectivity index (χ0n) is 28.5. The summed E-state index contributed by atoms with van der Waals surface area (Å²) < 4.78 is 36.6. The van der Waals surface area contributed by atoms with Gasteiger partial charge in [-0.2, -0.15) is 8.42 Å². The second-order valence-corrected chi connectivity index (χ2v) is 16.3. The van der Waals surface area contributed by atoms with Gasteiger partial charge in [0.05, 0.1) is 25.2 Å². The molecule has 5 aliphatic rings. The number of likely N-dealkylation sites (tertiary alicyclic amines) is 2. The van der Waals surface area contributed by atoms with Gasteiger partial charge in [-0.25, -0.2) is 14.7 Å². The number of carbonyl (C=O) groups excluding carboxylic acids is 3. The number of carbonyl (C=O) groups is 3. The molecule has 0 radical (unpaired) electrons. The number of methoxy groups -OCH3 is 1. The second-order valence-electron chi connectivity index (χ2n) is 15.0. The van der Waals surface area contributed by atoms with Crippen LogP contribution in [-0.2, 0) is 19.7 Å². The van der Waals surface area contributed by atoms with E-state index in [2.05, 4.69) is 11.0 Å². The molecule has 13 heteroatoms. The Morgan fingerprint density at radius 1 is 0.939 bits per heavy atom. The molecule has 3 N–H and O–H groups in total. The Hall–Kier alpha value is -4.10. The van der Waals surface area contributed by atoms with Crippen LogP contribution in [-0.4, -0.2) is 80.6 Å². The summed E-state index contributed by atoms with van der Waals surface area (Å²) in [6.45, 7) is 6.67. The topological polar surface area (TPSA) is 152 Å². The monoisotopic (exact) mass is 691 g/mol. The summed E-state index contributed by atoms with van der Waals surface area (Å²) in [6.07, 6.45) is 7.98. The predicted octanol–water partition coefficient (Wildman–Crippen LogP) is 4.47. The molecule has 4 heterocycles. The fraction of sp³-hybridized carbons (Fsp3) is 0.528. The maximum absolute atomic E-state index is 14.5. The molecule has 2 bridgehead atoms. The Bertz CT molecular complexity index is 1830. The van der Waals surface area contributed by atoms with Gasteiger partial charge in [-0.15, -0.1) is 0 Å². The highest BCUT2D eigenvalue weighted by atomic mass is 32.2. The zero-order valence-corrected chi connectivity index (χ0v) is 29.3. The summed E-state index contributed by atoms with van der Waals surface area (Å²) in [5, 5.41) is 5.14. The summed E-state index contributed by atoms with van der Waals surface area (Å²) in [5.74, 6) is 0.293. The summed E-state index contributed by atoms with van der Waals surface area (Å²) in [6, 6.07) is 11.0. The van der Waals surface area contributed by atoms with Gasteiger partial charge in [-0.3, -0.25) is 9.59 Å². The number of nitrogens with zero attached hydrogens (tertiary/aromatic N) is 3. The summed E-state index contributed by atoms with van der Waals surface area (Å²) in [5.41, 5.74) is 4.05. The summed E-state index contributed by atoms with van der Waals surface area (Å²) in [4.78, 5) is 46.3. The van der Waals surface area contributed by atoms with Crippen molar-refractivity contribution in [3.05, 3.63) is 64.2 Å². The van der Waals surface area contributed by atoms with Gasteiger partial charge in [0.1, 0.15) is 11.4 Å². The average molecular weight is 692 g/mol. The van der Waals surface area contributed by atoms with Crippen LogP contribution in [0.15, 0.2) is 42.0 Å². The highest BCUT2D eigenvalue weighted by Crippen LogP contribution is 2.57. The SMILES string of the molecule is COc1ccc2c(c1)C=C(C(=O)N1CC3CC1CN3C(=O)OC(C)(C)C)CN1c3cc(C(=O)NS(N)(=O)=O)ccc3C(C3CCCCC3)C21. The van der Waals surface area contributed by atoms with E-state index >= 15 is 0 Å². The molecule has 12 nitrogen and oxygen atoms in total. The van der Waals surface area contributed by atoms with Gasteiger partial charge >= 0.3 is 6.09 Å². The normalized spacial score (nSPS) is 24.8. The van der Waals surface area contributed by atoms with Crippen molar-refractivity contribution in [3.63, 3.8) is 0 Å². The smallest absolute Gasteiger partial charge is 0.410 e. The number of piperazine rings is 1. The number of hydrogen-bond acceptors (Lipinski definition) is 8. The van der Waals surface area contributed by atoms with Crippen molar-refractivity contribution in [3.8, 4) is 5.75 Å². The van der Waals surface area contributed by atoms with Crippen LogP contribution < -0.4 is 19.5 Å². The molecular weight excluding hydrogens is 646 g/mol. The second kappa shape index (κ2) is 12.3. The first-order chi connectivity index (χ1) is 23.2. The highest BCUT2D eigenvalue weighted by Gasteiger charge is 2.50. The lowest BCUT2D eigenvalue weighted by Gasteiger charge is -2.37. The van der Waals surface area contributed by atoms with Crippen molar-refractivity contribution in [1.29, 1.82) is 0 Å². The van der Waals surface area contributed by atoms with Gasteiger partial charge in [0.25, 0.3) is 22.0 Å². The molecule has 2 aromatic rings. The fourth-order valence-electron chi connectivity index (χ4n) is 8.73.